The molecule has 1 aromatic carbocycles. The minimum absolute atomic E-state index is 0.140. The molecule has 27 heavy (non-hydrogen) atoms. The van der Waals surface area contributed by atoms with Gasteiger partial charge in [0.2, 0.25) is 0 Å². The van der Waals surface area contributed by atoms with Crippen molar-refractivity contribution in [3.05, 3.63) is 28.8 Å². The van der Waals surface area contributed by atoms with E-state index in [1.165, 1.54) is 5.56 Å². The normalized spacial score (nSPS) is 12.1. The first-order chi connectivity index (χ1) is 12.3. The molecule has 0 saturated heterocycles. The third-order valence-corrected chi connectivity index (χ3v) is 4.45. The van der Waals surface area contributed by atoms with Gasteiger partial charge in [-0.15, -0.1) is 0 Å². The molecule has 0 amide bonds. The molecule has 0 saturated carbocycles. The summed E-state index contributed by atoms with van der Waals surface area (Å²) in [6.07, 6.45) is 2.83. The van der Waals surface area contributed by atoms with Crippen molar-refractivity contribution in [1.29, 1.82) is 0 Å². The standard InChI is InChI=1S/C22H34O5/c1-21(2,3)16-12-15(13-17(20(16)26)22(4,5)6)10-8-7-9-11-27-19(25)14-18(23)24/h12-13,26H,7-11,14H2,1-6H3,(H,23,24). The molecule has 0 atom stereocenters. The van der Waals surface area contributed by atoms with Crippen LogP contribution in [0.4, 0.5) is 0 Å². The molecule has 0 unspecified atom stereocenters. The first-order valence-electron chi connectivity index (χ1n) is 9.56. The van der Waals surface area contributed by atoms with Gasteiger partial charge in [-0.25, -0.2) is 0 Å². The third-order valence-electron chi connectivity index (χ3n) is 4.45. The third kappa shape index (κ3) is 7.61. The predicted molar refractivity (Wildman–Crippen MR) is 106 cm³/mol. The highest BCUT2D eigenvalue weighted by atomic mass is 16.5. The molecule has 0 aromatic heterocycles. The maximum atomic E-state index is 11.2. The van der Waals surface area contributed by atoms with Gasteiger partial charge in [-0.2, -0.15) is 0 Å². The highest BCUT2D eigenvalue weighted by Gasteiger charge is 2.26. The summed E-state index contributed by atoms with van der Waals surface area (Å²) in [5.74, 6) is -1.47. The second-order valence-electron chi connectivity index (χ2n) is 9.14. The van der Waals surface area contributed by atoms with E-state index in [9.17, 15) is 14.7 Å². The first kappa shape index (κ1) is 23.0. The number of carbonyl (C=O) groups excluding carboxylic acids is 1. The lowest BCUT2D eigenvalue weighted by Crippen LogP contribution is -2.18. The van der Waals surface area contributed by atoms with Crippen LogP contribution < -0.4 is 0 Å². The topological polar surface area (TPSA) is 83.8 Å². The van der Waals surface area contributed by atoms with Crippen molar-refractivity contribution in [2.45, 2.75) is 84.5 Å². The van der Waals surface area contributed by atoms with E-state index in [0.29, 0.717) is 12.2 Å². The Morgan fingerprint density at radius 3 is 1.89 bits per heavy atom. The smallest absolute Gasteiger partial charge is 0.317 e. The molecule has 0 aliphatic heterocycles. The molecule has 0 aliphatic carbocycles. The van der Waals surface area contributed by atoms with Gasteiger partial charge in [-0.05, 0) is 53.2 Å². The van der Waals surface area contributed by atoms with E-state index in [1.807, 2.05) is 0 Å². The van der Waals surface area contributed by atoms with Gasteiger partial charge in [0, 0.05) is 0 Å². The van der Waals surface area contributed by atoms with Crippen LogP contribution in [0, 0.1) is 0 Å². The Bertz CT molecular complexity index is 627. The monoisotopic (exact) mass is 378 g/mol. The summed E-state index contributed by atoms with van der Waals surface area (Å²) in [5, 5.41) is 19.3. The quantitative estimate of drug-likeness (QED) is 0.388. The Balaban J connectivity index is 2.68. The number of phenols is 1. The van der Waals surface area contributed by atoms with Crippen molar-refractivity contribution in [2.75, 3.05) is 6.61 Å². The van der Waals surface area contributed by atoms with E-state index in [2.05, 4.69) is 53.7 Å². The van der Waals surface area contributed by atoms with Crippen LogP contribution in [-0.2, 0) is 31.6 Å². The lowest BCUT2D eigenvalue weighted by Gasteiger charge is -2.28. The van der Waals surface area contributed by atoms with Crippen LogP contribution in [0.5, 0.6) is 5.75 Å². The minimum Gasteiger partial charge on any atom is -0.507 e. The average Bonchev–Trinajstić information content (AvgIpc) is 2.48. The zero-order valence-electron chi connectivity index (χ0n) is 17.5. The van der Waals surface area contributed by atoms with Crippen LogP contribution in [0.3, 0.4) is 0 Å². The number of ether oxygens (including phenoxy) is 1. The van der Waals surface area contributed by atoms with Crippen LogP contribution >= 0.6 is 0 Å². The van der Waals surface area contributed by atoms with Crippen molar-refractivity contribution in [3.8, 4) is 5.75 Å². The summed E-state index contributed by atoms with van der Waals surface area (Å²) in [4.78, 5) is 21.6. The molecule has 0 fully saturated rings. The SMILES string of the molecule is CC(C)(C)c1cc(CCCCCOC(=O)CC(=O)O)cc(C(C)(C)C)c1O. The Kier molecular flexibility index (Phi) is 7.88. The summed E-state index contributed by atoms with van der Waals surface area (Å²) < 4.78 is 4.90. The highest BCUT2D eigenvalue weighted by molar-refractivity contribution is 5.90. The molecule has 1 rings (SSSR count). The molecule has 0 aliphatic rings. The predicted octanol–water partition coefficient (Wildman–Crippen LogP) is 4.72. The molecule has 5 nitrogen and oxygen atoms in total. The highest BCUT2D eigenvalue weighted by Crippen LogP contribution is 2.40. The van der Waals surface area contributed by atoms with Gasteiger partial charge in [0.25, 0.3) is 0 Å². The molecule has 1 aromatic rings. The molecule has 0 radical (unpaired) electrons. The second kappa shape index (κ2) is 9.25. The number of hydrogen-bond acceptors (Lipinski definition) is 4. The van der Waals surface area contributed by atoms with Crippen molar-refractivity contribution in [2.24, 2.45) is 0 Å². The number of unbranched alkanes of at least 4 members (excludes halogenated alkanes) is 2. The molecule has 0 bridgehead atoms. The number of phenolic OH excluding ortho intramolecular Hbond substituents is 1. The van der Waals surface area contributed by atoms with Crippen molar-refractivity contribution in [3.63, 3.8) is 0 Å². The zero-order chi connectivity index (χ0) is 20.8. The number of aliphatic carboxylic acids is 1. The summed E-state index contributed by atoms with van der Waals surface area (Å²) in [6, 6.07) is 4.19. The molecule has 2 N–H and O–H groups in total. The Morgan fingerprint density at radius 2 is 1.44 bits per heavy atom. The maximum absolute atomic E-state index is 11.2. The summed E-state index contributed by atoms with van der Waals surface area (Å²) in [6.45, 7) is 12.9. The maximum Gasteiger partial charge on any atom is 0.317 e. The number of rotatable bonds is 8. The molecule has 152 valence electrons. The Labute approximate surface area is 162 Å². The van der Waals surface area contributed by atoms with E-state index in [0.717, 1.165) is 30.4 Å². The summed E-state index contributed by atoms with van der Waals surface area (Å²) in [7, 11) is 0. The van der Waals surface area contributed by atoms with E-state index in [-0.39, 0.29) is 17.4 Å². The first-order valence-corrected chi connectivity index (χ1v) is 9.56. The van der Waals surface area contributed by atoms with Gasteiger partial charge in [0.1, 0.15) is 12.2 Å². The van der Waals surface area contributed by atoms with Crippen LogP contribution in [0.2, 0.25) is 0 Å². The van der Waals surface area contributed by atoms with Crippen LogP contribution in [0.1, 0.15) is 83.9 Å². The fourth-order valence-electron chi connectivity index (χ4n) is 2.95. The number of benzene rings is 1. The largest absolute Gasteiger partial charge is 0.507 e. The van der Waals surface area contributed by atoms with Crippen molar-refractivity contribution >= 4 is 11.9 Å². The fourth-order valence-corrected chi connectivity index (χ4v) is 2.95. The molecular formula is C22H34O5. The number of aromatic hydroxyl groups is 1. The Morgan fingerprint density at radius 1 is 0.926 bits per heavy atom. The van der Waals surface area contributed by atoms with Gasteiger partial charge in [-0.1, -0.05) is 53.7 Å². The van der Waals surface area contributed by atoms with Crippen molar-refractivity contribution < 1.29 is 24.5 Å². The number of carbonyl (C=O) groups is 2. The number of carboxylic acids is 1. The van der Waals surface area contributed by atoms with Crippen LogP contribution in [0.15, 0.2) is 12.1 Å². The summed E-state index contributed by atoms with van der Waals surface area (Å²) >= 11 is 0. The molecule has 0 spiro atoms. The van der Waals surface area contributed by atoms with Gasteiger partial charge >= 0.3 is 11.9 Å². The Hall–Kier alpha value is -2.04. The molecule has 0 heterocycles. The van der Waals surface area contributed by atoms with E-state index >= 15 is 0 Å². The summed E-state index contributed by atoms with van der Waals surface area (Å²) in [5.41, 5.74) is 2.85. The van der Waals surface area contributed by atoms with E-state index in [1.54, 1.807) is 0 Å². The van der Waals surface area contributed by atoms with Crippen LogP contribution in [-0.4, -0.2) is 28.8 Å². The zero-order valence-corrected chi connectivity index (χ0v) is 17.5. The lowest BCUT2D eigenvalue weighted by atomic mass is 9.78. The van der Waals surface area contributed by atoms with Gasteiger partial charge in [0.05, 0.1) is 6.61 Å². The van der Waals surface area contributed by atoms with Crippen molar-refractivity contribution in [1.82, 2.24) is 0 Å². The number of hydrogen-bond donors (Lipinski definition) is 2. The fraction of sp³-hybridized carbons (Fsp3) is 0.636. The average molecular weight is 379 g/mol. The van der Waals surface area contributed by atoms with Gasteiger partial charge < -0.3 is 14.9 Å². The molecule has 5 heteroatoms. The minimum atomic E-state index is -1.17. The number of aryl methyl sites for hydroxylation is 1. The van der Waals surface area contributed by atoms with E-state index < -0.39 is 18.4 Å². The van der Waals surface area contributed by atoms with Crippen LogP contribution in [0.25, 0.3) is 0 Å². The van der Waals surface area contributed by atoms with Gasteiger partial charge in [-0.3, -0.25) is 9.59 Å². The number of carboxylic acid groups (broad SMARTS) is 1. The van der Waals surface area contributed by atoms with E-state index in [4.69, 9.17) is 9.84 Å². The lowest BCUT2D eigenvalue weighted by molar-refractivity contribution is -0.151. The van der Waals surface area contributed by atoms with Gasteiger partial charge in [0.15, 0.2) is 0 Å². The number of esters is 1. The second-order valence-corrected chi connectivity index (χ2v) is 9.14. The molecular weight excluding hydrogens is 344 g/mol.